The summed E-state index contributed by atoms with van der Waals surface area (Å²) in [4.78, 5) is 18.5. The normalized spacial score (nSPS) is 20.8. The predicted octanol–water partition coefficient (Wildman–Crippen LogP) is 1.43. The number of rotatable bonds is 4. The average Bonchev–Trinajstić information content (AvgIpc) is 2.75. The maximum atomic E-state index is 12.6. The Morgan fingerprint density at radius 1 is 1.45 bits per heavy atom. The van der Waals surface area contributed by atoms with Crippen LogP contribution in [0.3, 0.4) is 0 Å². The van der Waals surface area contributed by atoms with Gasteiger partial charge < -0.3 is 4.90 Å². The summed E-state index contributed by atoms with van der Waals surface area (Å²) in [5.41, 5.74) is 1.18. The van der Waals surface area contributed by atoms with E-state index in [0.29, 0.717) is 18.7 Å². The van der Waals surface area contributed by atoms with E-state index < -0.39 is 9.84 Å². The van der Waals surface area contributed by atoms with E-state index in [4.69, 9.17) is 0 Å². The third-order valence-electron chi connectivity index (χ3n) is 3.48. The molecule has 0 radical (unpaired) electrons. The summed E-state index contributed by atoms with van der Waals surface area (Å²) in [6.07, 6.45) is 1.33. The van der Waals surface area contributed by atoms with Crippen LogP contribution in [0.5, 0.6) is 0 Å². The molecule has 0 spiro atoms. The highest BCUT2D eigenvalue weighted by molar-refractivity contribution is 7.91. The van der Waals surface area contributed by atoms with Crippen LogP contribution in [-0.4, -0.2) is 48.3 Å². The van der Waals surface area contributed by atoms with Crippen LogP contribution in [0.4, 0.5) is 0 Å². The molecule has 1 aliphatic heterocycles. The summed E-state index contributed by atoms with van der Waals surface area (Å²) in [5.74, 6) is 0.0781. The fourth-order valence-corrected chi connectivity index (χ4v) is 4.25. The topological polar surface area (TPSA) is 67.3 Å². The van der Waals surface area contributed by atoms with Crippen LogP contribution in [0.1, 0.15) is 35.9 Å². The van der Waals surface area contributed by atoms with Gasteiger partial charge in [0.25, 0.3) is 5.91 Å². The zero-order valence-electron chi connectivity index (χ0n) is 11.9. The van der Waals surface area contributed by atoms with Gasteiger partial charge in [0, 0.05) is 18.3 Å². The van der Waals surface area contributed by atoms with E-state index in [9.17, 15) is 13.2 Å². The van der Waals surface area contributed by atoms with Crippen LogP contribution in [0, 0.1) is 6.92 Å². The molecule has 1 aliphatic rings. The standard InChI is InChI=1S/C14H20N2O3S/c1-3-8-16(12-7-9-20(18,19)10-12)14(17)13-6-4-5-11(2)15-13/h4-6,12H,3,7-10H2,1-2H3/t12-/m0/s1. The summed E-state index contributed by atoms with van der Waals surface area (Å²) in [6, 6.07) is 5.10. The number of nitrogens with zero attached hydrogens (tertiary/aromatic N) is 2. The fourth-order valence-electron chi connectivity index (χ4n) is 2.52. The van der Waals surface area contributed by atoms with Crippen molar-refractivity contribution in [2.24, 2.45) is 0 Å². The van der Waals surface area contributed by atoms with Gasteiger partial charge in [-0.2, -0.15) is 0 Å². The summed E-state index contributed by atoms with van der Waals surface area (Å²) < 4.78 is 23.2. The Bertz CT molecular complexity index is 598. The number of hydrogen-bond acceptors (Lipinski definition) is 4. The molecule has 6 heteroatoms. The van der Waals surface area contributed by atoms with Crippen LogP contribution in [0.15, 0.2) is 18.2 Å². The van der Waals surface area contributed by atoms with Crippen LogP contribution >= 0.6 is 0 Å². The minimum Gasteiger partial charge on any atom is -0.333 e. The largest absolute Gasteiger partial charge is 0.333 e. The zero-order chi connectivity index (χ0) is 14.8. The molecule has 0 aromatic carbocycles. The number of carbonyl (C=O) groups excluding carboxylic acids is 1. The van der Waals surface area contributed by atoms with Crippen LogP contribution < -0.4 is 0 Å². The maximum Gasteiger partial charge on any atom is 0.272 e. The number of carbonyl (C=O) groups is 1. The lowest BCUT2D eigenvalue weighted by Gasteiger charge is -2.27. The molecule has 5 nitrogen and oxygen atoms in total. The Kier molecular flexibility index (Phi) is 4.42. The van der Waals surface area contributed by atoms with Gasteiger partial charge in [0.05, 0.1) is 11.5 Å². The smallest absolute Gasteiger partial charge is 0.272 e. The van der Waals surface area contributed by atoms with Crippen molar-refractivity contribution >= 4 is 15.7 Å². The molecule has 1 aromatic heterocycles. The van der Waals surface area contributed by atoms with Gasteiger partial charge in [-0.05, 0) is 31.9 Å². The van der Waals surface area contributed by atoms with E-state index in [2.05, 4.69) is 4.98 Å². The quantitative estimate of drug-likeness (QED) is 0.843. The molecule has 20 heavy (non-hydrogen) atoms. The van der Waals surface area contributed by atoms with Gasteiger partial charge in [-0.15, -0.1) is 0 Å². The molecule has 2 heterocycles. The zero-order valence-corrected chi connectivity index (χ0v) is 12.7. The molecule has 0 N–H and O–H groups in total. The molecule has 1 fully saturated rings. The number of hydrogen-bond donors (Lipinski definition) is 0. The van der Waals surface area contributed by atoms with Crippen molar-refractivity contribution in [1.29, 1.82) is 0 Å². The number of amides is 1. The van der Waals surface area contributed by atoms with Crippen LogP contribution in [0.25, 0.3) is 0 Å². The number of pyridine rings is 1. The van der Waals surface area contributed by atoms with Gasteiger partial charge in [-0.3, -0.25) is 4.79 Å². The second kappa shape index (κ2) is 5.91. The van der Waals surface area contributed by atoms with Crippen molar-refractivity contribution in [1.82, 2.24) is 9.88 Å². The third-order valence-corrected chi connectivity index (χ3v) is 5.23. The Balaban J connectivity index is 2.22. The second-order valence-corrected chi connectivity index (χ2v) is 7.45. The Labute approximate surface area is 119 Å². The Morgan fingerprint density at radius 3 is 2.75 bits per heavy atom. The average molecular weight is 296 g/mol. The monoisotopic (exact) mass is 296 g/mol. The van der Waals surface area contributed by atoms with Gasteiger partial charge in [-0.25, -0.2) is 13.4 Å². The van der Waals surface area contributed by atoms with Crippen molar-refractivity contribution in [3.63, 3.8) is 0 Å². The van der Waals surface area contributed by atoms with E-state index >= 15 is 0 Å². The molecule has 0 saturated carbocycles. The van der Waals surface area contributed by atoms with Gasteiger partial charge in [0.2, 0.25) is 0 Å². The second-order valence-electron chi connectivity index (χ2n) is 5.22. The van der Waals surface area contributed by atoms with E-state index in [1.54, 1.807) is 17.0 Å². The summed E-state index contributed by atoms with van der Waals surface area (Å²) >= 11 is 0. The predicted molar refractivity (Wildman–Crippen MR) is 77.4 cm³/mol. The van der Waals surface area contributed by atoms with Crippen molar-refractivity contribution < 1.29 is 13.2 Å². The lowest BCUT2D eigenvalue weighted by atomic mass is 10.2. The summed E-state index contributed by atoms with van der Waals surface area (Å²) in [7, 11) is -3.00. The van der Waals surface area contributed by atoms with E-state index in [1.165, 1.54) is 0 Å². The maximum absolute atomic E-state index is 12.6. The van der Waals surface area contributed by atoms with E-state index in [-0.39, 0.29) is 23.5 Å². The molecule has 1 amide bonds. The molecule has 0 aliphatic carbocycles. The van der Waals surface area contributed by atoms with Crippen LogP contribution in [-0.2, 0) is 9.84 Å². The van der Waals surface area contributed by atoms with Gasteiger partial charge in [0.1, 0.15) is 5.69 Å². The summed E-state index contributed by atoms with van der Waals surface area (Å²) in [6.45, 7) is 4.38. The molecular formula is C14H20N2O3S. The molecule has 1 aromatic rings. The third kappa shape index (κ3) is 3.36. The minimum absolute atomic E-state index is 0.0740. The first-order chi connectivity index (χ1) is 9.43. The molecule has 1 saturated heterocycles. The number of aryl methyl sites for hydroxylation is 1. The van der Waals surface area contributed by atoms with Gasteiger partial charge >= 0.3 is 0 Å². The van der Waals surface area contributed by atoms with Gasteiger partial charge in [0.15, 0.2) is 9.84 Å². The van der Waals surface area contributed by atoms with Crippen molar-refractivity contribution in [3.05, 3.63) is 29.6 Å². The van der Waals surface area contributed by atoms with Crippen molar-refractivity contribution in [3.8, 4) is 0 Å². The minimum atomic E-state index is -3.00. The number of aromatic nitrogens is 1. The fraction of sp³-hybridized carbons (Fsp3) is 0.571. The molecule has 2 rings (SSSR count). The lowest BCUT2D eigenvalue weighted by molar-refractivity contribution is 0.0691. The van der Waals surface area contributed by atoms with E-state index in [0.717, 1.165) is 12.1 Å². The first-order valence-electron chi connectivity index (χ1n) is 6.88. The Hall–Kier alpha value is -1.43. The highest BCUT2D eigenvalue weighted by Gasteiger charge is 2.34. The van der Waals surface area contributed by atoms with Crippen molar-refractivity contribution in [2.75, 3.05) is 18.1 Å². The molecule has 110 valence electrons. The van der Waals surface area contributed by atoms with Gasteiger partial charge in [-0.1, -0.05) is 13.0 Å². The molecule has 0 unspecified atom stereocenters. The highest BCUT2D eigenvalue weighted by atomic mass is 32.2. The number of sulfone groups is 1. The molecule has 1 atom stereocenters. The Morgan fingerprint density at radius 2 is 2.20 bits per heavy atom. The molecular weight excluding hydrogens is 276 g/mol. The van der Waals surface area contributed by atoms with Crippen molar-refractivity contribution in [2.45, 2.75) is 32.7 Å². The first-order valence-corrected chi connectivity index (χ1v) is 8.70. The first kappa shape index (κ1) is 15.0. The van der Waals surface area contributed by atoms with Crippen LogP contribution in [0.2, 0.25) is 0 Å². The highest BCUT2D eigenvalue weighted by Crippen LogP contribution is 2.20. The van der Waals surface area contributed by atoms with E-state index in [1.807, 2.05) is 19.9 Å². The lowest BCUT2D eigenvalue weighted by Crippen LogP contribution is -2.42. The summed E-state index contributed by atoms with van der Waals surface area (Å²) in [5, 5.41) is 0. The SMILES string of the molecule is CCCN(C(=O)c1cccc(C)n1)[C@H]1CCS(=O)(=O)C1. The molecule has 0 bridgehead atoms.